The van der Waals surface area contributed by atoms with Crippen LogP contribution in [0.25, 0.3) is 5.65 Å². The van der Waals surface area contributed by atoms with Gasteiger partial charge in [0.15, 0.2) is 11.5 Å². The summed E-state index contributed by atoms with van der Waals surface area (Å²) in [5, 5.41) is 8.53. The van der Waals surface area contributed by atoms with E-state index in [1.807, 2.05) is 28.8 Å². The Bertz CT molecular complexity index is 1170. The predicted molar refractivity (Wildman–Crippen MR) is 113 cm³/mol. The minimum absolute atomic E-state index is 0.140. The molecule has 0 spiro atoms. The molecule has 0 aliphatic carbocycles. The van der Waals surface area contributed by atoms with Crippen molar-refractivity contribution in [1.82, 2.24) is 23.8 Å². The average molecular weight is 428 g/mol. The summed E-state index contributed by atoms with van der Waals surface area (Å²) in [6.45, 7) is 4.95. The number of pyridine rings is 1. The van der Waals surface area contributed by atoms with Crippen LogP contribution >= 0.6 is 0 Å². The van der Waals surface area contributed by atoms with Crippen LogP contribution in [0.15, 0.2) is 53.6 Å². The number of rotatable bonds is 6. The number of hydrogen-bond donors (Lipinski definition) is 0. The van der Waals surface area contributed by atoms with Crippen LogP contribution in [0.2, 0.25) is 0 Å². The molecular formula is C21H25N5O3S. The molecule has 1 amide bonds. The summed E-state index contributed by atoms with van der Waals surface area (Å²) in [7, 11) is -3.63. The molecule has 0 N–H and O–H groups in total. The number of fused-ring (bicyclic) bond motifs is 1. The van der Waals surface area contributed by atoms with Crippen molar-refractivity contribution < 1.29 is 13.2 Å². The maximum atomic E-state index is 13.3. The van der Waals surface area contributed by atoms with Crippen LogP contribution in [0.5, 0.6) is 0 Å². The maximum absolute atomic E-state index is 13.3. The van der Waals surface area contributed by atoms with Gasteiger partial charge in [0, 0.05) is 31.4 Å². The fourth-order valence-electron chi connectivity index (χ4n) is 4.03. The Hall–Kier alpha value is -2.78. The zero-order valence-corrected chi connectivity index (χ0v) is 17.9. The molecule has 1 aliphatic heterocycles. The van der Waals surface area contributed by atoms with Crippen molar-refractivity contribution >= 4 is 21.6 Å². The molecule has 3 heterocycles. The van der Waals surface area contributed by atoms with Crippen molar-refractivity contribution in [3.8, 4) is 0 Å². The lowest BCUT2D eigenvalue weighted by Gasteiger charge is -2.24. The van der Waals surface area contributed by atoms with Gasteiger partial charge in [0.25, 0.3) is 5.91 Å². The van der Waals surface area contributed by atoms with E-state index in [2.05, 4.69) is 10.2 Å². The number of carbonyl (C=O) groups excluding carboxylic acids is 1. The van der Waals surface area contributed by atoms with Gasteiger partial charge in [-0.3, -0.25) is 9.20 Å². The molecule has 1 atom stereocenters. The summed E-state index contributed by atoms with van der Waals surface area (Å²) in [5.74, 6) is 0.533. The predicted octanol–water partition coefficient (Wildman–Crippen LogP) is 2.74. The average Bonchev–Trinajstić information content (AvgIpc) is 3.40. The lowest BCUT2D eigenvalue weighted by Crippen LogP contribution is -2.32. The molecule has 9 heteroatoms. The van der Waals surface area contributed by atoms with E-state index in [9.17, 15) is 13.2 Å². The number of sulfonamides is 1. The van der Waals surface area contributed by atoms with Gasteiger partial charge < -0.3 is 4.90 Å². The third-order valence-electron chi connectivity index (χ3n) is 5.58. The molecule has 8 nitrogen and oxygen atoms in total. The molecule has 1 aromatic carbocycles. The van der Waals surface area contributed by atoms with E-state index in [0.717, 1.165) is 24.3 Å². The molecule has 0 bridgehead atoms. The van der Waals surface area contributed by atoms with Gasteiger partial charge in [0.1, 0.15) is 0 Å². The van der Waals surface area contributed by atoms with Crippen LogP contribution in [-0.2, 0) is 10.0 Å². The van der Waals surface area contributed by atoms with Gasteiger partial charge in [-0.2, -0.15) is 4.31 Å². The number of benzene rings is 1. The van der Waals surface area contributed by atoms with Gasteiger partial charge in [0.2, 0.25) is 10.0 Å². The Kier molecular flexibility index (Phi) is 5.57. The fraction of sp³-hybridized carbons (Fsp3) is 0.381. The van der Waals surface area contributed by atoms with Crippen molar-refractivity contribution in [2.24, 2.45) is 0 Å². The van der Waals surface area contributed by atoms with Crippen LogP contribution < -0.4 is 0 Å². The number of amides is 1. The lowest BCUT2D eigenvalue weighted by atomic mass is 10.1. The Morgan fingerprint density at radius 3 is 2.70 bits per heavy atom. The van der Waals surface area contributed by atoms with Crippen molar-refractivity contribution in [2.75, 3.05) is 19.6 Å². The summed E-state index contributed by atoms with van der Waals surface area (Å²) in [6, 6.07) is 11.8. The molecule has 2 aromatic heterocycles. The van der Waals surface area contributed by atoms with Crippen LogP contribution in [-0.4, -0.2) is 57.8 Å². The number of likely N-dealkylation sites (tertiary alicyclic amines) is 1. The zero-order valence-electron chi connectivity index (χ0n) is 17.1. The minimum Gasteiger partial charge on any atom is -0.328 e. The second-order valence-electron chi connectivity index (χ2n) is 7.26. The fourth-order valence-corrected chi connectivity index (χ4v) is 5.54. The van der Waals surface area contributed by atoms with E-state index in [1.165, 1.54) is 16.4 Å². The molecule has 0 radical (unpaired) electrons. The number of hydrogen-bond acceptors (Lipinski definition) is 5. The van der Waals surface area contributed by atoms with E-state index in [4.69, 9.17) is 0 Å². The first kappa shape index (κ1) is 20.5. The molecule has 0 unspecified atom stereocenters. The second-order valence-corrected chi connectivity index (χ2v) is 9.20. The van der Waals surface area contributed by atoms with E-state index < -0.39 is 10.0 Å². The molecule has 30 heavy (non-hydrogen) atoms. The third kappa shape index (κ3) is 3.48. The Morgan fingerprint density at radius 2 is 1.93 bits per heavy atom. The van der Waals surface area contributed by atoms with Crippen LogP contribution in [0.1, 0.15) is 48.9 Å². The first-order chi connectivity index (χ1) is 14.5. The second kappa shape index (κ2) is 8.16. The monoisotopic (exact) mass is 427 g/mol. The SMILES string of the molecule is CCN(CC)S(=O)(=O)c1cccc(C(=O)N2CCC[C@H]2c2nnc3ccccn23)c1. The molecule has 3 aromatic rings. The molecule has 1 saturated heterocycles. The lowest BCUT2D eigenvalue weighted by molar-refractivity contribution is 0.0729. The van der Waals surface area contributed by atoms with Crippen molar-refractivity contribution in [1.29, 1.82) is 0 Å². The van der Waals surface area contributed by atoms with Gasteiger partial charge in [-0.1, -0.05) is 26.0 Å². The first-order valence-electron chi connectivity index (χ1n) is 10.2. The normalized spacial score (nSPS) is 17.2. The van der Waals surface area contributed by atoms with Gasteiger partial charge in [-0.15, -0.1) is 10.2 Å². The molecule has 158 valence electrons. The first-order valence-corrected chi connectivity index (χ1v) is 11.6. The molecular weight excluding hydrogens is 402 g/mol. The summed E-state index contributed by atoms with van der Waals surface area (Å²) in [5.41, 5.74) is 1.10. The summed E-state index contributed by atoms with van der Waals surface area (Å²) < 4.78 is 29.0. The van der Waals surface area contributed by atoms with Gasteiger partial charge in [0.05, 0.1) is 10.9 Å². The topological polar surface area (TPSA) is 87.9 Å². The zero-order chi connectivity index (χ0) is 21.3. The van der Waals surface area contributed by atoms with E-state index >= 15 is 0 Å². The van der Waals surface area contributed by atoms with Crippen LogP contribution in [0.3, 0.4) is 0 Å². The van der Waals surface area contributed by atoms with E-state index in [0.29, 0.717) is 25.2 Å². The van der Waals surface area contributed by atoms with E-state index in [-0.39, 0.29) is 16.8 Å². The molecule has 1 aliphatic rings. The quantitative estimate of drug-likeness (QED) is 0.604. The van der Waals surface area contributed by atoms with Crippen molar-refractivity contribution in [2.45, 2.75) is 37.6 Å². The highest BCUT2D eigenvalue weighted by Gasteiger charge is 2.34. The smallest absolute Gasteiger partial charge is 0.254 e. The van der Waals surface area contributed by atoms with Gasteiger partial charge in [-0.05, 0) is 43.2 Å². The Morgan fingerprint density at radius 1 is 1.13 bits per heavy atom. The van der Waals surface area contributed by atoms with E-state index in [1.54, 1.807) is 30.9 Å². The summed E-state index contributed by atoms with van der Waals surface area (Å²) in [4.78, 5) is 15.2. The van der Waals surface area contributed by atoms with Gasteiger partial charge >= 0.3 is 0 Å². The maximum Gasteiger partial charge on any atom is 0.254 e. The van der Waals surface area contributed by atoms with Crippen LogP contribution in [0, 0.1) is 0 Å². The molecule has 0 saturated carbocycles. The number of aromatic nitrogens is 3. The Balaban J connectivity index is 1.66. The van der Waals surface area contributed by atoms with Crippen molar-refractivity contribution in [3.05, 3.63) is 60.0 Å². The number of carbonyl (C=O) groups is 1. The standard InChI is InChI=1S/C21H25N5O3S/c1-3-24(4-2)30(28,29)17-10-7-9-16(15-17)21(27)25-14-8-11-18(25)20-23-22-19-12-5-6-13-26(19)20/h5-7,9-10,12-13,15,18H,3-4,8,11,14H2,1-2H3/t18-/m0/s1. The largest absolute Gasteiger partial charge is 0.328 e. The highest BCUT2D eigenvalue weighted by atomic mass is 32.2. The minimum atomic E-state index is -3.63. The summed E-state index contributed by atoms with van der Waals surface area (Å²) in [6.07, 6.45) is 3.54. The van der Waals surface area contributed by atoms with Gasteiger partial charge in [-0.25, -0.2) is 8.42 Å². The third-order valence-corrected chi connectivity index (χ3v) is 7.62. The van der Waals surface area contributed by atoms with Crippen LogP contribution in [0.4, 0.5) is 0 Å². The highest BCUT2D eigenvalue weighted by Crippen LogP contribution is 2.32. The molecule has 4 rings (SSSR count). The molecule has 1 fully saturated rings. The number of nitrogens with zero attached hydrogens (tertiary/aromatic N) is 5. The Labute approximate surface area is 176 Å². The summed E-state index contributed by atoms with van der Waals surface area (Å²) >= 11 is 0. The highest BCUT2D eigenvalue weighted by molar-refractivity contribution is 7.89. The van der Waals surface area contributed by atoms with Crippen molar-refractivity contribution in [3.63, 3.8) is 0 Å².